The number of nitrogens with zero attached hydrogens (tertiary/aromatic N) is 2. The molecule has 1 rings (SSSR count). The van der Waals surface area contributed by atoms with E-state index in [0.717, 1.165) is 19.4 Å². The van der Waals surface area contributed by atoms with Crippen LogP contribution in [0.2, 0.25) is 0 Å². The van der Waals surface area contributed by atoms with E-state index in [-0.39, 0.29) is 18.1 Å². The number of hydrogen-bond acceptors (Lipinski definition) is 3. The second-order valence-corrected chi connectivity index (χ2v) is 5.38. The van der Waals surface area contributed by atoms with Crippen molar-refractivity contribution >= 4 is 17.5 Å². The highest BCUT2D eigenvalue weighted by Crippen LogP contribution is 2.20. The molecule has 17 heavy (non-hydrogen) atoms. The highest BCUT2D eigenvalue weighted by molar-refractivity contribution is 6.17. The first-order valence-corrected chi connectivity index (χ1v) is 6.76. The van der Waals surface area contributed by atoms with E-state index in [1.165, 1.54) is 0 Å². The molecule has 0 radical (unpaired) electrons. The summed E-state index contributed by atoms with van der Waals surface area (Å²) in [5.74, 6) is 0.760. The minimum absolute atomic E-state index is 0.151. The molecule has 1 fully saturated rings. The van der Waals surface area contributed by atoms with Crippen LogP contribution >= 0.6 is 11.6 Å². The van der Waals surface area contributed by atoms with Crippen molar-refractivity contribution in [1.82, 2.24) is 9.80 Å². The van der Waals surface area contributed by atoms with Crippen LogP contribution in [0.25, 0.3) is 0 Å². The van der Waals surface area contributed by atoms with Crippen LogP contribution < -0.4 is 0 Å². The van der Waals surface area contributed by atoms with Gasteiger partial charge in [-0.15, -0.1) is 11.6 Å². The predicted molar refractivity (Wildman–Crippen MR) is 69.2 cm³/mol. The van der Waals surface area contributed by atoms with Crippen LogP contribution in [0.4, 0.5) is 0 Å². The van der Waals surface area contributed by atoms with Crippen molar-refractivity contribution in [3.8, 4) is 0 Å². The summed E-state index contributed by atoms with van der Waals surface area (Å²) in [7, 11) is 3.97. The van der Waals surface area contributed by atoms with Gasteiger partial charge in [-0.05, 0) is 33.4 Å². The number of carbonyl (C=O) groups excluding carboxylic acids is 1. The molecular weight excluding hydrogens is 240 g/mol. The quantitative estimate of drug-likeness (QED) is 0.572. The Hall–Kier alpha value is -0.320. The molecular formula is C12H23ClN2O2. The van der Waals surface area contributed by atoms with Gasteiger partial charge >= 0.3 is 0 Å². The molecule has 4 nitrogen and oxygen atoms in total. The third-order valence-corrected chi connectivity index (χ3v) is 3.33. The lowest BCUT2D eigenvalue weighted by molar-refractivity contribution is -0.132. The smallest absolute Gasteiger partial charge is 0.222 e. The molecule has 2 unspecified atom stereocenters. The molecule has 0 aliphatic carbocycles. The minimum atomic E-state index is -0.364. The Kier molecular flexibility index (Phi) is 6.23. The average molecular weight is 263 g/mol. The second-order valence-electron chi connectivity index (χ2n) is 5.00. The number of amides is 1. The van der Waals surface area contributed by atoms with Gasteiger partial charge in [0.05, 0.1) is 6.10 Å². The Morgan fingerprint density at radius 3 is 2.76 bits per heavy atom. The molecule has 0 aromatic rings. The zero-order valence-corrected chi connectivity index (χ0v) is 11.5. The van der Waals surface area contributed by atoms with Crippen molar-refractivity contribution in [3.05, 3.63) is 0 Å². The number of hydrogen-bond donors (Lipinski definition) is 1. The van der Waals surface area contributed by atoms with Crippen molar-refractivity contribution in [3.63, 3.8) is 0 Å². The van der Waals surface area contributed by atoms with Crippen LogP contribution in [0.1, 0.15) is 25.7 Å². The fraction of sp³-hybridized carbons (Fsp3) is 0.917. The molecule has 1 aliphatic heterocycles. The van der Waals surface area contributed by atoms with E-state index in [9.17, 15) is 9.90 Å². The lowest BCUT2D eigenvalue weighted by Crippen LogP contribution is -2.41. The fourth-order valence-electron chi connectivity index (χ4n) is 2.31. The lowest BCUT2D eigenvalue weighted by Gasteiger charge is -2.26. The van der Waals surface area contributed by atoms with E-state index in [0.29, 0.717) is 25.3 Å². The summed E-state index contributed by atoms with van der Waals surface area (Å²) in [6, 6.07) is 0.156. The third-order valence-electron chi connectivity index (χ3n) is 3.06. The monoisotopic (exact) mass is 262 g/mol. The molecule has 0 saturated carbocycles. The van der Waals surface area contributed by atoms with Crippen LogP contribution in [-0.2, 0) is 4.79 Å². The standard InChI is InChI=1S/C12H23ClN2O2/c1-14(2)8-10-7-11(16)9-15(10)12(17)5-3-4-6-13/h10-11,16H,3-9H2,1-2H3. The zero-order valence-electron chi connectivity index (χ0n) is 10.7. The van der Waals surface area contributed by atoms with Gasteiger partial charge in [-0.25, -0.2) is 0 Å². The van der Waals surface area contributed by atoms with Gasteiger partial charge in [0.15, 0.2) is 0 Å². The van der Waals surface area contributed by atoms with Gasteiger partial charge in [0, 0.05) is 31.4 Å². The molecule has 5 heteroatoms. The van der Waals surface area contributed by atoms with Crippen LogP contribution in [0.15, 0.2) is 0 Å². The molecule has 2 atom stereocenters. The first kappa shape index (κ1) is 14.7. The number of likely N-dealkylation sites (N-methyl/N-ethyl adjacent to an activating group) is 1. The van der Waals surface area contributed by atoms with Crippen molar-refractivity contribution < 1.29 is 9.90 Å². The van der Waals surface area contributed by atoms with Crippen molar-refractivity contribution in [2.45, 2.75) is 37.8 Å². The summed E-state index contributed by atoms with van der Waals surface area (Å²) in [6.45, 7) is 1.30. The first-order valence-electron chi connectivity index (χ1n) is 6.22. The van der Waals surface area contributed by atoms with Crippen molar-refractivity contribution in [2.75, 3.05) is 33.1 Å². The van der Waals surface area contributed by atoms with Crippen LogP contribution in [0.3, 0.4) is 0 Å². The summed E-state index contributed by atoms with van der Waals surface area (Å²) in [6.07, 6.45) is 2.59. The molecule has 100 valence electrons. The van der Waals surface area contributed by atoms with Crippen molar-refractivity contribution in [1.29, 1.82) is 0 Å². The normalized spacial score (nSPS) is 24.6. The number of halogens is 1. The van der Waals surface area contributed by atoms with Gasteiger partial charge in [0.2, 0.25) is 5.91 Å². The van der Waals surface area contributed by atoms with Gasteiger partial charge < -0.3 is 14.9 Å². The van der Waals surface area contributed by atoms with E-state index in [4.69, 9.17) is 11.6 Å². The number of unbranched alkanes of at least 4 members (excludes halogenated alkanes) is 1. The van der Waals surface area contributed by atoms with Gasteiger partial charge in [-0.3, -0.25) is 4.79 Å². The molecule has 1 amide bonds. The molecule has 1 aliphatic rings. The SMILES string of the molecule is CN(C)CC1CC(O)CN1C(=O)CCCCCl. The van der Waals surface area contributed by atoms with Gasteiger partial charge in [-0.2, -0.15) is 0 Å². The number of likely N-dealkylation sites (tertiary alicyclic amines) is 1. The first-order chi connectivity index (χ1) is 8.04. The zero-order chi connectivity index (χ0) is 12.8. The Morgan fingerprint density at radius 1 is 1.47 bits per heavy atom. The summed E-state index contributed by atoms with van der Waals surface area (Å²) >= 11 is 5.59. The summed E-state index contributed by atoms with van der Waals surface area (Å²) in [5, 5.41) is 9.67. The van der Waals surface area contributed by atoms with E-state index in [1.54, 1.807) is 0 Å². The second kappa shape index (κ2) is 7.19. The largest absolute Gasteiger partial charge is 0.391 e. The Morgan fingerprint density at radius 2 is 2.18 bits per heavy atom. The third kappa shape index (κ3) is 4.82. The summed E-state index contributed by atoms with van der Waals surface area (Å²) in [4.78, 5) is 15.9. The van der Waals surface area contributed by atoms with Crippen LogP contribution in [0.5, 0.6) is 0 Å². The van der Waals surface area contributed by atoms with Crippen molar-refractivity contribution in [2.24, 2.45) is 0 Å². The van der Waals surface area contributed by atoms with E-state index in [2.05, 4.69) is 4.90 Å². The molecule has 0 aromatic carbocycles. The number of aliphatic hydroxyl groups is 1. The number of aliphatic hydroxyl groups excluding tert-OH is 1. The maximum Gasteiger partial charge on any atom is 0.222 e. The topological polar surface area (TPSA) is 43.8 Å². The van der Waals surface area contributed by atoms with Crippen LogP contribution in [-0.4, -0.2) is 66.0 Å². The number of alkyl halides is 1. The molecule has 0 aromatic heterocycles. The van der Waals surface area contributed by atoms with Gasteiger partial charge in [-0.1, -0.05) is 0 Å². The van der Waals surface area contributed by atoms with Gasteiger partial charge in [0.25, 0.3) is 0 Å². The van der Waals surface area contributed by atoms with E-state index < -0.39 is 0 Å². The number of β-amino-alcohol motifs (C(OH)–C–C–N with tert-alkyl or cyclic N) is 1. The minimum Gasteiger partial charge on any atom is -0.391 e. The fourth-order valence-corrected chi connectivity index (χ4v) is 2.50. The molecule has 1 N–H and O–H groups in total. The molecule has 0 bridgehead atoms. The lowest BCUT2D eigenvalue weighted by atomic mass is 10.2. The summed E-state index contributed by atoms with van der Waals surface area (Å²) < 4.78 is 0. The van der Waals surface area contributed by atoms with E-state index in [1.807, 2.05) is 19.0 Å². The highest BCUT2D eigenvalue weighted by atomic mass is 35.5. The number of rotatable bonds is 6. The molecule has 1 heterocycles. The maximum atomic E-state index is 12.0. The molecule has 1 saturated heterocycles. The van der Waals surface area contributed by atoms with Gasteiger partial charge in [0.1, 0.15) is 0 Å². The Labute approximate surface area is 109 Å². The summed E-state index contributed by atoms with van der Waals surface area (Å²) in [5.41, 5.74) is 0. The highest BCUT2D eigenvalue weighted by Gasteiger charge is 2.33. The Bertz CT molecular complexity index is 249. The van der Waals surface area contributed by atoms with E-state index >= 15 is 0 Å². The maximum absolute atomic E-state index is 12.0. The Balaban J connectivity index is 2.45. The number of carbonyl (C=O) groups is 1. The van der Waals surface area contributed by atoms with Crippen LogP contribution in [0, 0.1) is 0 Å². The predicted octanol–water partition coefficient (Wildman–Crippen LogP) is 0.919. The average Bonchev–Trinajstić information content (AvgIpc) is 2.58. The molecule has 0 spiro atoms.